The van der Waals surface area contributed by atoms with E-state index < -0.39 is 10.0 Å². The van der Waals surface area contributed by atoms with Gasteiger partial charge in [-0.1, -0.05) is 25.5 Å². The molecule has 3 saturated carbocycles. The lowest BCUT2D eigenvalue weighted by molar-refractivity contribution is -0.0577. The van der Waals surface area contributed by atoms with Gasteiger partial charge in [0.2, 0.25) is 10.0 Å². The summed E-state index contributed by atoms with van der Waals surface area (Å²) in [5, 5.41) is 0. The Labute approximate surface area is 185 Å². The highest BCUT2D eigenvalue weighted by Crippen LogP contribution is 2.67. The quantitative estimate of drug-likeness (QED) is 0.690. The first kappa shape index (κ1) is 21.4. The van der Waals surface area contributed by atoms with Crippen LogP contribution in [0.5, 0.6) is 0 Å². The summed E-state index contributed by atoms with van der Waals surface area (Å²) in [6.45, 7) is 4.92. The molecular weight excluding hydrogens is 410 g/mol. The number of nitrogens with one attached hydrogen (secondary N) is 1. The minimum atomic E-state index is -3.15. The maximum Gasteiger partial charge on any atom is 0.335 e. The highest BCUT2D eigenvalue weighted by Gasteiger charge is 2.57. The second-order valence-corrected chi connectivity index (χ2v) is 12.9. The molecule has 0 radical (unpaired) electrons. The van der Waals surface area contributed by atoms with Crippen LogP contribution in [-0.2, 0) is 10.0 Å². The van der Waals surface area contributed by atoms with Crippen LogP contribution < -0.4 is 10.3 Å². The zero-order valence-corrected chi connectivity index (χ0v) is 19.7. The summed E-state index contributed by atoms with van der Waals surface area (Å²) in [7, 11) is -3.15. The fourth-order valence-electron chi connectivity index (χ4n) is 8.07. The molecule has 4 aliphatic rings. The third-order valence-corrected chi connectivity index (χ3v) is 10.3. The number of sulfonamides is 1. The molecule has 0 spiro atoms. The van der Waals surface area contributed by atoms with E-state index in [9.17, 15) is 13.2 Å². The zero-order valence-electron chi connectivity index (χ0n) is 18.9. The van der Waals surface area contributed by atoms with Crippen molar-refractivity contribution in [3.63, 3.8) is 0 Å². The van der Waals surface area contributed by atoms with Crippen LogP contribution in [0.15, 0.2) is 39.3 Å². The number of fused-ring (bicyclic) bond motifs is 5. The molecule has 1 aromatic rings. The maximum absolute atomic E-state index is 11.8. The summed E-state index contributed by atoms with van der Waals surface area (Å²) in [4.78, 5) is 11.4. The molecule has 1 N–H and O–H groups in total. The molecule has 0 aliphatic heterocycles. The van der Waals surface area contributed by atoms with Gasteiger partial charge in [-0.2, -0.15) is 0 Å². The SMILES string of the molecule is C[C@]12CC[C@H](NS(C)(=O)=O)C[C@H]1CC[C@H]1C3=CC[C@H](c4ccc(=O)oc4)[C@@]3(C)CC[C@@H]12. The van der Waals surface area contributed by atoms with Gasteiger partial charge >= 0.3 is 5.63 Å². The highest BCUT2D eigenvalue weighted by atomic mass is 32.2. The predicted molar refractivity (Wildman–Crippen MR) is 121 cm³/mol. The lowest BCUT2D eigenvalue weighted by atomic mass is 9.45. The van der Waals surface area contributed by atoms with Gasteiger partial charge in [-0.15, -0.1) is 0 Å². The van der Waals surface area contributed by atoms with Gasteiger partial charge in [-0.3, -0.25) is 0 Å². The minimum Gasteiger partial charge on any atom is -0.431 e. The Kier molecular flexibility index (Phi) is 5.06. The molecule has 5 nitrogen and oxygen atoms in total. The van der Waals surface area contributed by atoms with E-state index in [1.807, 2.05) is 6.07 Å². The van der Waals surface area contributed by atoms with Crippen molar-refractivity contribution in [3.8, 4) is 0 Å². The van der Waals surface area contributed by atoms with Gasteiger partial charge in [0.05, 0.1) is 12.5 Å². The monoisotopic (exact) mass is 445 g/mol. The van der Waals surface area contributed by atoms with Crippen molar-refractivity contribution in [1.82, 2.24) is 4.72 Å². The number of allylic oxidation sites excluding steroid dienone is 2. The molecule has 4 aliphatic carbocycles. The van der Waals surface area contributed by atoms with E-state index in [0.29, 0.717) is 29.1 Å². The molecule has 1 aromatic heterocycles. The average molecular weight is 446 g/mol. The molecule has 3 fully saturated rings. The minimum absolute atomic E-state index is 0.0984. The van der Waals surface area contributed by atoms with Crippen LogP contribution in [0.3, 0.4) is 0 Å². The van der Waals surface area contributed by atoms with Crippen molar-refractivity contribution >= 4 is 10.0 Å². The second kappa shape index (κ2) is 7.31. The summed E-state index contributed by atoms with van der Waals surface area (Å²) < 4.78 is 31.6. The first-order valence-corrected chi connectivity index (χ1v) is 13.8. The molecule has 5 rings (SSSR count). The third kappa shape index (κ3) is 3.54. The maximum atomic E-state index is 11.8. The molecular formula is C25H35NO4S. The fourth-order valence-corrected chi connectivity index (χ4v) is 8.89. The van der Waals surface area contributed by atoms with E-state index in [2.05, 4.69) is 24.6 Å². The van der Waals surface area contributed by atoms with Gasteiger partial charge in [0.1, 0.15) is 0 Å². The molecule has 0 aromatic carbocycles. The van der Waals surface area contributed by atoms with E-state index >= 15 is 0 Å². The highest BCUT2D eigenvalue weighted by molar-refractivity contribution is 7.88. The normalized spacial score (nSPS) is 42.3. The van der Waals surface area contributed by atoms with Crippen molar-refractivity contribution in [1.29, 1.82) is 0 Å². The second-order valence-electron chi connectivity index (χ2n) is 11.1. The van der Waals surface area contributed by atoms with E-state index in [0.717, 1.165) is 31.2 Å². The average Bonchev–Trinajstić information content (AvgIpc) is 3.05. The summed E-state index contributed by atoms with van der Waals surface area (Å²) in [6.07, 6.45) is 14.4. The van der Waals surface area contributed by atoms with E-state index in [-0.39, 0.29) is 17.1 Å². The number of hydrogen-bond donors (Lipinski definition) is 1. The van der Waals surface area contributed by atoms with E-state index in [1.54, 1.807) is 17.9 Å². The van der Waals surface area contributed by atoms with Crippen LogP contribution in [0.2, 0.25) is 0 Å². The van der Waals surface area contributed by atoms with Gasteiger partial charge in [0.25, 0.3) is 0 Å². The van der Waals surface area contributed by atoms with E-state index in [4.69, 9.17) is 4.42 Å². The molecule has 0 amide bonds. The van der Waals surface area contributed by atoms with E-state index in [1.165, 1.54) is 31.9 Å². The van der Waals surface area contributed by atoms with Gasteiger partial charge in [0.15, 0.2) is 0 Å². The summed E-state index contributed by atoms with van der Waals surface area (Å²) in [5.41, 5.74) is 2.98. The van der Waals surface area contributed by atoms with Crippen molar-refractivity contribution in [2.75, 3.05) is 6.26 Å². The smallest absolute Gasteiger partial charge is 0.335 e. The van der Waals surface area contributed by atoms with Crippen molar-refractivity contribution in [2.24, 2.45) is 28.6 Å². The topological polar surface area (TPSA) is 76.4 Å². The molecule has 0 bridgehead atoms. The zero-order chi connectivity index (χ0) is 22.0. The summed E-state index contributed by atoms with van der Waals surface area (Å²) in [5.74, 6) is 2.33. The van der Waals surface area contributed by atoms with Crippen molar-refractivity contribution < 1.29 is 12.8 Å². The molecule has 170 valence electrons. The number of hydrogen-bond acceptors (Lipinski definition) is 4. The van der Waals surface area contributed by atoms with Crippen LogP contribution in [0.25, 0.3) is 0 Å². The molecule has 1 heterocycles. The van der Waals surface area contributed by atoms with Gasteiger partial charge < -0.3 is 4.42 Å². The number of rotatable bonds is 3. The predicted octanol–water partition coefficient (Wildman–Crippen LogP) is 4.60. The Hall–Kier alpha value is -1.40. The van der Waals surface area contributed by atoms with Gasteiger partial charge in [0, 0.05) is 12.1 Å². The van der Waals surface area contributed by atoms with Gasteiger partial charge in [-0.25, -0.2) is 17.9 Å². The first-order valence-electron chi connectivity index (χ1n) is 11.9. The third-order valence-electron chi connectivity index (χ3n) is 9.57. The van der Waals surface area contributed by atoms with Crippen LogP contribution in [0, 0.1) is 28.6 Å². The first-order chi connectivity index (χ1) is 14.6. The van der Waals surface area contributed by atoms with Crippen molar-refractivity contribution in [3.05, 3.63) is 46.0 Å². The largest absolute Gasteiger partial charge is 0.431 e. The molecule has 0 unspecified atom stereocenters. The standard InChI is InChI=1S/C25H35NO4S/c1-24-12-10-18(26-31(3,28)29)14-17(24)5-6-19-21-8-7-20(16-4-9-23(27)30-15-16)25(21,2)13-11-22(19)24/h4,8-9,15,17-20,22,26H,5-7,10-14H2,1-3H3/t17-,18+,19+,20-,22+,24+,25-/m1/s1. The summed E-state index contributed by atoms with van der Waals surface area (Å²) in [6, 6.07) is 3.61. The Bertz CT molecular complexity index is 1040. The molecule has 6 heteroatoms. The Morgan fingerprint density at radius 2 is 1.90 bits per heavy atom. The Morgan fingerprint density at radius 1 is 1.10 bits per heavy atom. The fraction of sp³-hybridized carbons (Fsp3) is 0.720. The van der Waals surface area contributed by atoms with Crippen LogP contribution in [-0.4, -0.2) is 20.7 Å². The molecule has 7 atom stereocenters. The van der Waals surface area contributed by atoms with Crippen LogP contribution in [0.1, 0.15) is 76.7 Å². The Morgan fingerprint density at radius 3 is 2.61 bits per heavy atom. The molecule has 31 heavy (non-hydrogen) atoms. The molecule has 0 saturated heterocycles. The van der Waals surface area contributed by atoms with Crippen LogP contribution >= 0.6 is 0 Å². The summed E-state index contributed by atoms with van der Waals surface area (Å²) >= 11 is 0. The van der Waals surface area contributed by atoms with Crippen LogP contribution in [0.4, 0.5) is 0 Å². The van der Waals surface area contributed by atoms with Crippen molar-refractivity contribution in [2.45, 2.75) is 77.2 Å². The Balaban J connectivity index is 1.37. The van der Waals surface area contributed by atoms with Gasteiger partial charge in [-0.05, 0) is 97.5 Å². The lowest BCUT2D eigenvalue weighted by Crippen LogP contribution is -2.53. The lowest BCUT2D eigenvalue weighted by Gasteiger charge is -2.60.